The van der Waals surface area contributed by atoms with Gasteiger partial charge in [-0.1, -0.05) is 29.8 Å². The smallest absolute Gasteiger partial charge is 0.234 e. The Kier molecular flexibility index (Phi) is 6.37. The molecule has 0 aromatic heterocycles. The molecule has 5 nitrogen and oxygen atoms in total. The quantitative estimate of drug-likeness (QED) is 0.798. The second-order valence-corrected chi connectivity index (χ2v) is 7.46. The fourth-order valence-electron chi connectivity index (χ4n) is 3.12. The van der Waals surface area contributed by atoms with Crippen LogP contribution in [0.2, 0.25) is 5.02 Å². The lowest BCUT2D eigenvalue weighted by Crippen LogP contribution is -2.50. The zero-order valence-corrected chi connectivity index (χ0v) is 16.4. The number of aliphatic hydroxyl groups is 1. The highest BCUT2D eigenvalue weighted by Crippen LogP contribution is 2.29. The molecule has 0 radical (unpaired) electrons. The molecule has 27 heavy (non-hydrogen) atoms. The van der Waals surface area contributed by atoms with Crippen molar-refractivity contribution in [3.8, 4) is 16.9 Å². The van der Waals surface area contributed by atoms with E-state index < -0.39 is 6.10 Å². The minimum absolute atomic E-state index is 0.0118. The number of nitrogens with one attached hydrogen (secondary N) is 1. The van der Waals surface area contributed by atoms with Gasteiger partial charge in [-0.05, 0) is 54.3 Å². The minimum Gasteiger partial charge on any atom is -0.491 e. The van der Waals surface area contributed by atoms with Crippen LogP contribution in [0.3, 0.4) is 0 Å². The average molecular weight is 389 g/mol. The zero-order chi connectivity index (χ0) is 19.4. The number of hydrogen-bond donors (Lipinski definition) is 2. The van der Waals surface area contributed by atoms with Crippen molar-refractivity contribution in [1.29, 1.82) is 0 Å². The third-order valence-electron chi connectivity index (χ3n) is 4.74. The largest absolute Gasteiger partial charge is 0.491 e. The summed E-state index contributed by atoms with van der Waals surface area (Å²) in [5.74, 6) is 0.605. The van der Waals surface area contributed by atoms with E-state index in [-0.39, 0.29) is 12.5 Å². The molecule has 1 aliphatic rings. The van der Waals surface area contributed by atoms with Crippen LogP contribution >= 0.6 is 11.6 Å². The summed E-state index contributed by atoms with van der Waals surface area (Å²) in [7, 11) is 0. The van der Waals surface area contributed by atoms with Gasteiger partial charge in [-0.3, -0.25) is 9.69 Å². The lowest BCUT2D eigenvalue weighted by Gasteiger charge is -2.28. The van der Waals surface area contributed by atoms with Crippen molar-refractivity contribution in [3.63, 3.8) is 0 Å². The van der Waals surface area contributed by atoms with Gasteiger partial charge in [0.25, 0.3) is 0 Å². The van der Waals surface area contributed by atoms with E-state index in [1.165, 1.54) is 11.1 Å². The Balaban J connectivity index is 1.64. The molecule has 1 fully saturated rings. The number of benzene rings is 2. The van der Waals surface area contributed by atoms with E-state index in [0.717, 1.165) is 17.7 Å². The van der Waals surface area contributed by atoms with Gasteiger partial charge in [0.1, 0.15) is 18.5 Å². The second-order valence-electron chi connectivity index (χ2n) is 7.02. The molecule has 1 atom stereocenters. The predicted octanol–water partition coefficient (Wildman–Crippen LogP) is 2.80. The summed E-state index contributed by atoms with van der Waals surface area (Å²) in [4.78, 5) is 13.3. The molecular weight excluding hydrogens is 364 g/mol. The Morgan fingerprint density at radius 3 is 2.74 bits per heavy atom. The summed E-state index contributed by atoms with van der Waals surface area (Å²) >= 11 is 6.26. The lowest BCUT2D eigenvalue weighted by atomic mass is 10.0. The van der Waals surface area contributed by atoms with Crippen molar-refractivity contribution < 1.29 is 14.6 Å². The van der Waals surface area contributed by atoms with Crippen LogP contribution in [0.4, 0.5) is 0 Å². The van der Waals surface area contributed by atoms with Gasteiger partial charge < -0.3 is 15.2 Å². The first-order chi connectivity index (χ1) is 12.9. The van der Waals surface area contributed by atoms with Crippen molar-refractivity contribution in [1.82, 2.24) is 10.2 Å². The van der Waals surface area contributed by atoms with E-state index in [1.54, 1.807) is 6.07 Å². The molecule has 6 heteroatoms. The summed E-state index contributed by atoms with van der Waals surface area (Å²) in [5, 5.41) is 13.6. The first-order valence-electron chi connectivity index (χ1n) is 9.09. The Bertz CT molecular complexity index is 825. The van der Waals surface area contributed by atoms with Crippen LogP contribution in [0.1, 0.15) is 11.1 Å². The highest BCUT2D eigenvalue weighted by atomic mass is 35.5. The van der Waals surface area contributed by atoms with E-state index in [2.05, 4.69) is 37.4 Å². The molecule has 0 spiro atoms. The van der Waals surface area contributed by atoms with Gasteiger partial charge in [-0.15, -0.1) is 0 Å². The topological polar surface area (TPSA) is 61.8 Å². The van der Waals surface area contributed by atoms with Gasteiger partial charge in [0, 0.05) is 24.7 Å². The molecule has 2 aromatic carbocycles. The number of aryl methyl sites for hydroxylation is 2. The lowest BCUT2D eigenvalue weighted by molar-refractivity contribution is -0.124. The predicted molar refractivity (Wildman–Crippen MR) is 107 cm³/mol. The van der Waals surface area contributed by atoms with Gasteiger partial charge in [0.05, 0.1) is 6.54 Å². The summed E-state index contributed by atoms with van der Waals surface area (Å²) in [6.07, 6.45) is -0.681. The highest BCUT2D eigenvalue weighted by Gasteiger charge is 2.19. The fraction of sp³-hybridized carbons (Fsp3) is 0.381. The van der Waals surface area contributed by atoms with E-state index in [0.29, 0.717) is 30.4 Å². The molecule has 0 bridgehead atoms. The number of piperazine rings is 1. The molecule has 1 unspecified atom stereocenters. The Hall–Kier alpha value is -2.08. The fourth-order valence-corrected chi connectivity index (χ4v) is 3.35. The molecule has 2 aromatic rings. The van der Waals surface area contributed by atoms with E-state index >= 15 is 0 Å². The molecule has 1 saturated heterocycles. The molecule has 0 aliphatic carbocycles. The van der Waals surface area contributed by atoms with Crippen molar-refractivity contribution in [2.24, 2.45) is 0 Å². The van der Waals surface area contributed by atoms with Crippen molar-refractivity contribution in [2.45, 2.75) is 20.0 Å². The SMILES string of the molecule is Cc1ccc(-c2cc(Cl)cc(OCC(O)CN3CCNC(=O)C3)c2)cc1C. The van der Waals surface area contributed by atoms with E-state index in [1.807, 2.05) is 17.0 Å². The molecule has 0 saturated carbocycles. The summed E-state index contributed by atoms with van der Waals surface area (Å²) < 4.78 is 5.77. The standard InChI is InChI=1S/C21H25ClN2O3/c1-14-3-4-16(7-15(14)2)17-8-18(22)10-20(9-17)27-13-19(25)11-24-6-5-23-21(26)12-24/h3-4,7-10,19,25H,5-6,11-13H2,1-2H3,(H,23,26). The minimum atomic E-state index is -0.681. The van der Waals surface area contributed by atoms with Crippen molar-refractivity contribution in [2.75, 3.05) is 32.8 Å². The number of carbonyl (C=O) groups is 1. The Morgan fingerprint density at radius 2 is 2.00 bits per heavy atom. The van der Waals surface area contributed by atoms with Gasteiger partial charge in [0.15, 0.2) is 0 Å². The average Bonchev–Trinajstić information content (AvgIpc) is 2.62. The summed E-state index contributed by atoms with van der Waals surface area (Å²) in [6, 6.07) is 11.9. The number of hydrogen-bond acceptors (Lipinski definition) is 4. The monoisotopic (exact) mass is 388 g/mol. The van der Waals surface area contributed by atoms with E-state index in [9.17, 15) is 9.90 Å². The first kappa shape index (κ1) is 19.7. The Labute approximate surface area is 164 Å². The molecule has 2 N–H and O–H groups in total. The number of amides is 1. The number of rotatable bonds is 6. The molecular formula is C21H25ClN2O3. The number of aliphatic hydroxyl groups excluding tert-OH is 1. The molecule has 1 amide bonds. The Morgan fingerprint density at radius 1 is 1.19 bits per heavy atom. The van der Waals surface area contributed by atoms with Crippen LogP contribution in [0, 0.1) is 13.8 Å². The highest BCUT2D eigenvalue weighted by molar-refractivity contribution is 6.31. The van der Waals surface area contributed by atoms with Crippen LogP contribution in [0.5, 0.6) is 5.75 Å². The van der Waals surface area contributed by atoms with Gasteiger partial charge in [-0.25, -0.2) is 0 Å². The molecule has 1 aliphatic heterocycles. The number of nitrogens with zero attached hydrogens (tertiary/aromatic N) is 1. The van der Waals surface area contributed by atoms with Crippen molar-refractivity contribution in [3.05, 3.63) is 52.5 Å². The van der Waals surface area contributed by atoms with Gasteiger partial charge in [-0.2, -0.15) is 0 Å². The molecule has 144 valence electrons. The van der Waals surface area contributed by atoms with E-state index in [4.69, 9.17) is 16.3 Å². The van der Waals surface area contributed by atoms with Crippen LogP contribution in [0.25, 0.3) is 11.1 Å². The van der Waals surface area contributed by atoms with Crippen LogP contribution in [-0.4, -0.2) is 54.8 Å². The molecule has 1 heterocycles. The summed E-state index contributed by atoms with van der Waals surface area (Å²) in [6.45, 7) is 6.36. The third-order valence-corrected chi connectivity index (χ3v) is 4.96. The van der Waals surface area contributed by atoms with Crippen LogP contribution in [-0.2, 0) is 4.79 Å². The van der Waals surface area contributed by atoms with Crippen molar-refractivity contribution >= 4 is 17.5 Å². The second kappa shape index (κ2) is 8.74. The van der Waals surface area contributed by atoms with Gasteiger partial charge in [0.2, 0.25) is 5.91 Å². The van der Waals surface area contributed by atoms with Crippen LogP contribution < -0.4 is 10.1 Å². The maximum absolute atomic E-state index is 11.4. The van der Waals surface area contributed by atoms with Crippen LogP contribution in [0.15, 0.2) is 36.4 Å². The number of β-amino-alcohol motifs (C(OH)–C–C–N with tert-alkyl or cyclic N) is 1. The first-order valence-corrected chi connectivity index (χ1v) is 9.46. The normalized spacial score (nSPS) is 16.1. The summed E-state index contributed by atoms with van der Waals surface area (Å²) in [5.41, 5.74) is 4.51. The number of ether oxygens (including phenoxy) is 1. The maximum atomic E-state index is 11.4. The number of carbonyl (C=O) groups excluding carboxylic acids is 1. The maximum Gasteiger partial charge on any atom is 0.234 e. The number of halogens is 1. The third kappa shape index (κ3) is 5.45. The zero-order valence-electron chi connectivity index (χ0n) is 15.7. The molecule has 3 rings (SSSR count). The van der Waals surface area contributed by atoms with Gasteiger partial charge >= 0.3 is 0 Å².